The highest BCUT2D eigenvalue weighted by molar-refractivity contribution is 8.15. The lowest BCUT2D eigenvalue weighted by molar-refractivity contribution is -0.385. The van der Waals surface area contributed by atoms with Crippen molar-refractivity contribution in [2.75, 3.05) is 0 Å². The molecule has 0 bridgehead atoms. The topological polar surface area (TPSA) is 134 Å². The molecule has 0 aliphatic carbocycles. The summed E-state index contributed by atoms with van der Waals surface area (Å²) in [5.41, 5.74) is 0.398. The van der Waals surface area contributed by atoms with Crippen LogP contribution in [0.2, 0.25) is 0 Å². The maximum absolute atomic E-state index is 11.5. The first-order chi connectivity index (χ1) is 11.5. The fourth-order valence-corrected chi connectivity index (χ4v) is 2.73. The lowest BCUT2D eigenvalue weighted by Crippen LogP contribution is -2.26. The molecule has 0 aromatic heterocycles. The first-order valence-electron chi connectivity index (χ1n) is 6.68. The molecule has 1 aliphatic heterocycles. The second-order valence-corrected chi connectivity index (χ2v) is 5.73. The first-order valence-corrected chi connectivity index (χ1v) is 7.56. The van der Waals surface area contributed by atoms with Crippen LogP contribution in [-0.2, 0) is 9.59 Å². The summed E-state index contributed by atoms with van der Waals surface area (Å²) in [5, 5.41) is 28.9. The van der Waals surface area contributed by atoms with Crippen LogP contribution in [-0.4, -0.2) is 38.5 Å². The zero-order valence-corrected chi connectivity index (χ0v) is 13.0. The van der Waals surface area contributed by atoms with Crippen molar-refractivity contribution in [3.05, 3.63) is 46.0 Å². The van der Waals surface area contributed by atoms with E-state index in [4.69, 9.17) is 5.11 Å². The highest BCUT2D eigenvalue weighted by atomic mass is 32.2. The van der Waals surface area contributed by atoms with E-state index in [-0.39, 0.29) is 17.3 Å². The standard InChI is InChI=1S/C14H12N4O5S/c19-12(20)8-11-13(21)16-14(24-11)17-15-7-3-5-9-4-1-2-6-10(9)18(22)23/h1-7,11H,8H2,(H,19,20)(H,16,17,21)/b5-3+,15-7?. The molecule has 10 heteroatoms. The molecule has 1 unspecified atom stereocenters. The molecule has 1 saturated heterocycles. The van der Waals surface area contributed by atoms with E-state index >= 15 is 0 Å². The van der Waals surface area contributed by atoms with Crippen molar-refractivity contribution in [3.63, 3.8) is 0 Å². The fraction of sp³-hybridized carbons (Fsp3) is 0.143. The average molecular weight is 348 g/mol. The van der Waals surface area contributed by atoms with Gasteiger partial charge in [0, 0.05) is 12.3 Å². The van der Waals surface area contributed by atoms with Crippen molar-refractivity contribution in [2.45, 2.75) is 11.7 Å². The van der Waals surface area contributed by atoms with Gasteiger partial charge in [-0.25, -0.2) is 0 Å². The molecule has 1 fully saturated rings. The Labute approximate surface area is 140 Å². The van der Waals surface area contributed by atoms with Gasteiger partial charge in [-0.2, -0.15) is 5.10 Å². The van der Waals surface area contributed by atoms with Crippen LogP contribution in [0.15, 0.2) is 40.5 Å². The van der Waals surface area contributed by atoms with Gasteiger partial charge in [-0.1, -0.05) is 23.9 Å². The van der Waals surface area contributed by atoms with Gasteiger partial charge in [-0.05, 0) is 18.2 Å². The van der Waals surface area contributed by atoms with Crippen molar-refractivity contribution >= 4 is 46.8 Å². The number of carbonyl (C=O) groups is 2. The van der Waals surface area contributed by atoms with E-state index in [2.05, 4.69) is 15.5 Å². The average Bonchev–Trinajstić information content (AvgIpc) is 2.86. The molecular formula is C14H12N4O5S. The van der Waals surface area contributed by atoms with Gasteiger partial charge in [0.15, 0.2) is 5.17 Å². The van der Waals surface area contributed by atoms with E-state index in [1.54, 1.807) is 18.2 Å². The largest absolute Gasteiger partial charge is 0.481 e. The number of thioether (sulfide) groups is 1. The van der Waals surface area contributed by atoms with Crippen molar-refractivity contribution < 1.29 is 19.6 Å². The molecule has 2 N–H and O–H groups in total. The summed E-state index contributed by atoms with van der Waals surface area (Å²) >= 11 is 0.989. The maximum Gasteiger partial charge on any atom is 0.305 e. The summed E-state index contributed by atoms with van der Waals surface area (Å²) in [6.07, 6.45) is 4.00. The highest BCUT2D eigenvalue weighted by Crippen LogP contribution is 2.22. The van der Waals surface area contributed by atoms with Crippen LogP contribution in [0.1, 0.15) is 12.0 Å². The molecule has 0 spiro atoms. The van der Waals surface area contributed by atoms with Gasteiger partial charge in [-0.15, -0.1) is 5.10 Å². The molecule has 24 heavy (non-hydrogen) atoms. The van der Waals surface area contributed by atoms with Crippen LogP contribution in [0, 0.1) is 10.1 Å². The molecule has 1 aromatic carbocycles. The number of nitrogens with zero attached hydrogens (tertiary/aromatic N) is 3. The number of amidine groups is 1. The zero-order chi connectivity index (χ0) is 17.5. The Bertz CT molecular complexity index is 759. The van der Waals surface area contributed by atoms with Gasteiger partial charge < -0.3 is 10.4 Å². The SMILES string of the molecule is O=C(O)CC1SC(=NN=C/C=C/c2ccccc2[N+](=O)[O-])NC1=O. The van der Waals surface area contributed by atoms with Crippen LogP contribution >= 0.6 is 11.8 Å². The molecule has 9 nitrogen and oxygen atoms in total. The minimum absolute atomic E-state index is 0.0245. The minimum Gasteiger partial charge on any atom is -0.481 e. The van der Waals surface area contributed by atoms with Crippen molar-refractivity contribution in [1.29, 1.82) is 0 Å². The quantitative estimate of drug-likeness (QED) is 0.456. The predicted octanol–water partition coefficient (Wildman–Crippen LogP) is 1.66. The number of nitro groups is 1. The monoisotopic (exact) mass is 348 g/mol. The third-order valence-electron chi connectivity index (χ3n) is 2.85. The number of para-hydroxylation sites is 1. The van der Waals surface area contributed by atoms with E-state index in [1.807, 2.05) is 0 Å². The molecule has 2 rings (SSSR count). The van der Waals surface area contributed by atoms with Crippen LogP contribution in [0.4, 0.5) is 5.69 Å². The van der Waals surface area contributed by atoms with Gasteiger partial charge in [-0.3, -0.25) is 19.7 Å². The number of aliphatic carboxylic acids is 1. The number of amides is 1. The molecule has 124 valence electrons. The smallest absolute Gasteiger partial charge is 0.305 e. The number of nitro benzene ring substituents is 1. The Kier molecular flexibility index (Phi) is 5.79. The van der Waals surface area contributed by atoms with E-state index < -0.39 is 22.0 Å². The Balaban J connectivity index is 1.97. The second-order valence-electron chi connectivity index (χ2n) is 4.54. The minimum atomic E-state index is -1.07. The Morgan fingerprint density at radius 3 is 2.92 bits per heavy atom. The van der Waals surface area contributed by atoms with Crippen molar-refractivity contribution in [2.24, 2.45) is 10.2 Å². The van der Waals surface area contributed by atoms with E-state index in [1.165, 1.54) is 24.4 Å². The second kappa shape index (κ2) is 8.02. The number of carboxylic acid groups (broad SMARTS) is 1. The van der Waals surface area contributed by atoms with Crippen LogP contribution in [0.3, 0.4) is 0 Å². The number of hydrogen-bond acceptors (Lipinski definition) is 7. The Morgan fingerprint density at radius 1 is 1.46 bits per heavy atom. The maximum atomic E-state index is 11.5. The lowest BCUT2D eigenvalue weighted by Gasteiger charge is -1.97. The van der Waals surface area contributed by atoms with Crippen molar-refractivity contribution in [1.82, 2.24) is 5.32 Å². The van der Waals surface area contributed by atoms with E-state index in [0.29, 0.717) is 5.56 Å². The van der Waals surface area contributed by atoms with Crippen LogP contribution < -0.4 is 5.32 Å². The molecule has 1 heterocycles. The van der Waals surface area contributed by atoms with Gasteiger partial charge in [0.05, 0.1) is 16.9 Å². The molecule has 1 amide bonds. The number of benzene rings is 1. The number of carbonyl (C=O) groups excluding carboxylic acids is 1. The summed E-state index contributed by atoms with van der Waals surface area (Å²) in [6.45, 7) is 0. The van der Waals surface area contributed by atoms with Crippen LogP contribution in [0.5, 0.6) is 0 Å². The summed E-state index contributed by atoms with van der Waals surface area (Å²) in [5.74, 6) is -1.49. The highest BCUT2D eigenvalue weighted by Gasteiger charge is 2.32. The summed E-state index contributed by atoms with van der Waals surface area (Å²) in [7, 11) is 0. The van der Waals surface area contributed by atoms with Gasteiger partial charge >= 0.3 is 5.97 Å². The predicted molar refractivity (Wildman–Crippen MR) is 89.8 cm³/mol. The number of hydrogen-bond donors (Lipinski definition) is 2. The molecule has 1 atom stereocenters. The fourth-order valence-electron chi connectivity index (χ4n) is 1.81. The van der Waals surface area contributed by atoms with Crippen LogP contribution in [0.25, 0.3) is 6.08 Å². The molecule has 1 aliphatic rings. The lowest BCUT2D eigenvalue weighted by atomic mass is 10.2. The normalized spacial score (nSPS) is 19.2. The third kappa shape index (κ3) is 4.74. The number of carboxylic acids is 1. The molecule has 0 saturated carbocycles. The molecular weight excluding hydrogens is 336 g/mol. The molecule has 1 aromatic rings. The summed E-state index contributed by atoms with van der Waals surface area (Å²) in [4.78, 5) is 32.5. The number of nitrogens with one attached hydrogen (secondary N) is 1. The summed E-state index contributed by atoms with van der Waals surface area (Å²) < 4.78 is 0. The number of allylic oxidation sites excluding steroid dienone is 1. The van der Waals surface area contributed by atoms with Crippen molar-refractivity contribution in [3.8, 4) is 0 Å². The van der Waals surface area contributed by atoms with Gasteiger partial charge in [0.2, 0.25) is 5.91 Å². The van der Waals surface area contributed by atoms with Gasteiger partial charge in [0.25, 0.3) is 5.69 Å². The Hall–Kier alpha value is -3.01. The van der Waals surface area contributed by atoms with E-state index in [0.717, 1.165) is 11.8 Å². The Morgan fingerprint density at radius 2 is 2.21 bits per heavy atom. The summed E-state index contributed by atoms with van der Waals surface area (Å²) in [6, 6.07) is 6.24. The first kappa shape index (κ1) is 17.3. The number of rotatable bonds is 6. The third-order valence-corrected chi connectivity index (χ3v) is 3.92. The van der Waals surface area contributed by atoms with E-state index in [9.17, 15) is 19.7 Å². The zero-order valence-electron chi connectivity index (χ0n) is 12.2. The van der Waals surface area contributed by atoms with Gasteiger partial charge in [0.1, 0.15) is 5.25 Å². The molecule has 0 radical (unpaired) electrons.